The molecule has 3 unspecified atom stereocenters. The van der Waals surface area contributed by atoms with E-state index in [4.69, 9.17) is 15.2 Å². The summed E-state index contributed by atoms with van der Waals surface area (Å²) in [7, 11) is 0. The average Bonchev–Trinajstić information content (AvgIpc) is 2.49. The summed E-state index contributed by atoms with van der Waals surface area (Å²) in [6.45, 7) is 7.92. The van der Waals surface area contributed by atoms with Gasteiger partial charge < -0.3 is 15.2 Å². The molecule has 3 atom stereocenters. The van der Waals surface area contributed by atoms with Crippen molar-refractivity contribution in [3.05, 3.63) is 23.8 Å². The molecule has 0 spiro atoms. The zero-order chi connectivity index (χ0) is 15.2. The minimum absolute atomic E-state index is 0.357. The maximum atomic E-state index is 6.12. The first kappa shape index (κ1) is 16.2. The minimum Gasteiger partial charge on any atom is -0.490 e. The summed E-state index contributed by atoms with van der Waals surface area (Å²) in [4.78, 5) is 0. The van der Waals surface area contributed by atoms with Gasteiger partial charge in [0.15, 0.2) is 11.5 Å². The first-order valence-electron chi connectivity index (χ1n) is 8.36. The molecule has 1 aliphatic rings. The summed E-state index contributed by atoms with van der Waals surface area (Å²) >= 11 is 0. The van der Waals surface area contributed by atoms with Crippen LogP contribution in [-0.2, 0) is 0 Å². The molecule has 3 heteroatoms. The lowest BCUT2D eigenvalue weighted by atomic mass is 9.65. The van der Waals surface area contributed by atoms with E-state index in [1.807, 2.05) is 0 Å². The fourth-order valence-corrected chi connectivity index (χ4v) is 3.13. The molecule has 1 aliphatic carbocycles. The first-order chi connectivity index (χ1) is 10.2. The molecule has 1 aromatic carbocycles. The number of hydrogen-bond donors (Lipinski definition) is 1. The molecule has 118 valence electrons. The number of nitrogens with two attached hydrogens (primary N) is 1. The van der Waals surface area contributed by atoms with Crippen molar-refractivity contribution >= 4 is 0 Å². The van der Waals surface area contributed by atoms with Crippen LogP contribution in [0.3, 0.4) is 0 Å². The van der Waals surface area contributed by atoms with Crippen molar-refractivity contribution < 1.29 is 9.47 Å². The van der Waals surface area contributed by atoms with Gasteiger partial charge in [-0.3, -0.25) is 0 Å². The van der Waals surface area contributed by atoms with Crippen LogP contribution in [0.1, 0.15) is 57.9 Å². The molecule has 21 heavy (non-hydrogen) atoms. The van der Waals surface area contributed by atoms with Crippen molar-refractivity contribution in [2.75, 3.05) is 13.2 Å². The van der Waals surface area contributed by atoms with Gasteiger partial charge in [0.2, 0.25) is 0 Å². The molecule has 0 aromatic heterocycles. The molecule has 2 rings (SSSR count). The van der Waals surface area contributed by atoms with Gasteiger partial charge in [-0.05, 0) is 48.8 Å². The number of ether oxygens (including phenoxy) is 2. The fourth-order valence-electron chi connectivity index (χ4n) is 3.13. The molecule has 0 amide bonds. The summed E-state index contributed by atoms with van der Waals surface area (Å²) in [5.41, 5.74) is 7.46. The van der Waals surface area contributed by atoms with E-state index in [9.17, 15) is 0 Å². The summed E-state index contributed by atoms with van der Waals surface area (Å²) in [5, 5.41) is 0. The van der Waals surface area contributed by atoms with Crippen LogP contribution in [-0.4, -0.2) is 19.3 Å². The largest absolute Gasteiger partial charge is 0.490 e. The van der Waals surface area contributed by atoms with E-state index in [1.54, 1.807) is 0 Å². The lowest BCUT2D eigenvalue weighted by Crippen LogP contribution is -2.45. The third kappa shape index (κ3) is 3.70. The molecule has 1 aromatic rings. The van der Waals surface area contributed by atoms with E-state index in [1.165, 1.54) is 5.56 Å². The van der Waals surface area contributed by atoms with Crippen molar-refractivity contribution in [3.8, 4) is 11.5 Å². The summed E-state index contributed by atoms with van der Waals surface area (Å²) in [6, 6.07) is 6.77. The predicted molar refractivity (Wildman–Crippen MR) is 87.1 cm³/mol. The lowest BCUT2D eigenvalue weighted by Gasteiger charge is -2.43. The fraction of sp³-hybridized carbons (Fsp3) is 0.667. The average molecular weight is 291 g/mol. The molecule has 1 saturated carbocycles. The van der Waals surface area contributed by atoms with Crippen molar-refractivity contribution in [2.45, 2.75) is 58.4 Å². The van der Waals surface area contributed by atoms with Crippen LogP contribution in [0, 0.1) is 5.92 Å². The molecule has 2 N–H and O–H groups in total. The van der Waals surface area contributed by atoms with E-state index in [0.717, 1.165) is 50.4 Å². The van der Waals surface area contributed by atoms with E-state index >= 15 is 0 Å². The topological polar surface area (TPSA) is 44.5 Å². The molecule has 0 aliphatic heterocycles. The van der Waals surface area contributed by atoms with Crippen LogP contribution in [0.4, 0.5) is 0 Å². The minimum atomic E-state index is 0.357. The normalized spacial score (nSPS) is 24.5. The van der Waals surface area contributed by atoms with Crippen LogP contribution in [0.15, 0.2) is 18.2 Å². The van der Waals surface area contributed by atoms with Gasteiger partial charge in [0.1, 0.15) is 0 Å². The second-order valence-corrected chi connectivity index (χ2v) is 5.98. The maximum Gasteiger partial charge on any atom is 0.161 e. The van der Waals surface area contributed by atoms with Gasteiger partial charge in [0, 0.05) is 6.04 Å². The Bertz CT molecular complexity index is 447. The van der Waals surface area contributed by atoms with Gasteiger partial charge in [-0.1, -0.05) is 33.3 Å². The van der Waals surface area contributed by atoms with Gasteiger partial charge in [-0.2, -0.15) is 0 Å². The Balaban J connectivity index is 2.16. The molecular formula is C18H29NO2. The van der Waals surface area contributed by atoms with Crippen molar-refractivity contribution in [1.82, 2.24) is 0 Å². The third-order valence-corrected chi connectivity index (χ3v) is 4.38. The van der Waals surface area contributed by atoms with Crippen LogP contribution in [0.5, 0.6) is 11.5 Å². The van der Waals surface area contributed by atoms with Crippen LogP contribution < -0.4 is 15.2 Å². The van der Waals surface area contributed by atoms with Crippen LogP contribution >= 0.6 is 0 Å². The van der Waals surface area contributed by atoms with E-state index < -0.39 is 0 Å². The van der Waals surface area contributed by atoms with Crippen molar-refractivity contribution in [3.63, 3.8) is 0 Å². The molecular weight excluding hydrogens is 262 g/mol. The highest BCUT2D eigenvalue weighted by atomic mass is 16.5. The summed E-state index contributed by atoms with van der Waals surface area (Å²) in [5.74, 6) is 2.93. The smallest absolute Gasteiger partial charge is 0.161 e. The molecule has 0 saturated heterocycles. The molecule has 0 bridgehead atoms. The van der Waals surface area contributed by atoms with Gasteiger partial charge >= 0.3 is 0 Å². The SMILES string of the molecule is CCCOc1ccc(C2CC(N)C2CC)cc1OCCC. The highest BCUT2D eigenvalue weighted by molar-refractivity contribution is 5.45. The quantitative estimate of drug-likeness (QED) is 0.784. The van der Waals surface area contributed by atoms with E-state index in [0.29, 0.717) is 17.9 Å². The predicted octanol–water partition coefficient (Wildman–Crippen LogP) is 4.11. The second-order valence-electron chi connectivity index (χ2n) is 5.98. The van der Waals surface area contributed by atoms with Gasteiger partial charge in [0.25, 0.3) is 0 Å². The van der Waals surface area contributed by atoms with Crippen LogP contribution in [0.2, 0.25) is 0 Å². The maximum absolute atomic E-state index is 6.12. The monoisotopic (exact) mass is 291 g/mol. The second kappa shape index (κ2) is 7.69. The Hall–Kier alpha value is -1.22. The third-order valence-electron chi connectivity index (χ3n) is 4.38. The standard InChI is InChI=1S/C18H29NO2/c1-4-9-20-17-8-7-13(11-18(17)21-10-5-2)15-12-16(19)14(15)6-3/h7-8,11,14-16H,4-6,9-10,12,19H2,1-3H3. The number of rotatable bonds is 8. The molecule has 1 fully saturated rings. The molecule has 0 radical (unpaired) electrons. The Morgan fingerprint density at radius 3 is 2.29 bits per heavy atom. The Labute approximate surface area is 128 Å². The zero-order valence-corrected chi connectivity index (χ0v) is 13.6. The summed E-state index contributed by atoms with van der Waals surface area (Å²) < 4.78 is 11.7. The van der Waals surface area contributed by atoms with Crippen molar-refractivity contribution in [1.29, 1.82) is 0 Å². The Kier molecular flexibility index (Phi) is 5.92. The van der Waals surface area contributed by atoms with Gasteiger partial charge in [0.05, 0.1) is 13.2 Å². The van der Waals surface area contributed by atoms with E-state index in [2.05, 4.69) is 39.0 Å². The highest BCUT2D eigenvalue weighted by Gasteiger charge is 2.38. The number of hydrogen-bond acceptors (Lipinski definition) is 3. The summed E-state index contributed by atoms with van der Waals surface area (Å²) in [6.07, 6.45) is 4.24. The first-order valence-corrected chi connectivity index (χ1v) is 8.36. The Morgan fingerprint density at radius 2 is 1.71 bits per heavy atom. The Morgan fingerprint density at radius 1 is 1.05 bits per heavy atom. The zero-order valence-electron chi connectivity index (χ0n) is 13.6. The van der Waals surface area contributed by atoms with Crippen molar-refractivity contribution in [2.24, 2.45) is 11.7 Å². The van der Waals surface area contributed by atoms with E-state index in [-0.39, 0.29) is 0 Å². The highest BCUT2D eigenvalue weighted by Crippen LogP contribution is 2.45. The van der Waals surface area contributed by atoms with Gasteiger partial charge in [-0.15, -0.1) is 0 Å². The number of benzene rings is 1. The lowest BCUT2D eigenvalue weighted by molar-refractivity contribution is 0.197. The molecule has 0 heterocycles. The van der Waals surface area contributed by atoms with Gasteiger partial charge in [-0.25, -0.2) is 0 Å². The van der Waals surface area contributed by atoms with Crippen LogP contribution in [0.25, 0.3) is 0 Å². The molecule has 3 nitrogen and oxygen atoms in total.